The lowest BCUT2D eigenvalue weighted by Gasteiger charge is -2.16. The molecule has 0 bridgehead atoms. The first kappa shape index (κ1) is 22.9. The summed E-state index contributed by atoms with van der Waals surface area (Å²) >= 11 is 12.1. The van der Waals surface area contributed by atoms with E-state index < -0.39 is 0 Å². The van der Waals surface area contributed by atoms with E-state index in [1.54, 1.807) is 13.2 Å². The molecule has 0 aliphatic heterocycles. The number of rotatable bonds is 13. The van der Waals surface area contributed by atoms with Crippen molar-refractivity contribution in [3.63, 3.8) is 0 Å². The molecule has 2 aromatic carbocycles. The highest BCUT2D eigenvalue weighted by atomic mass is 35.5. The van der Waals surface area contributed by atoms with Crippen molar-refractivity contribution in [1.29, 1.82) is 0 Å². The molecule has 1 N–H and O–H groups in total. The molecule has 0 radical (unpaired) electrons. The second-order valence-corrected chi connectivity index (χ2v) is 7.74. The zero-order chi connectivity index (χ0) is 20.2. The van der Waals surface area contributed by atoms with Gasteiger partial charge in [0.15, 0.2) is 11.5 Å². The molecule has 0 heterocycles. The van der Waals surface area contributed by atoms with Crippen molar-refractivity contribution in [1.82, 2.24) is 5.32 Å². The normalized spacial score (nSPS) is 10.9. The summed E-state index contributed by atoms with van der Waals surface area (Å²) in [6.45, 7) is 4.41. The molecule has 0 aromatic heterocycles. The van der Waals surface area contributed by atoms with Crippen molar-refractivity contribution >= 4 is 23.2 Å². The lowest BCUT2D eigenvalue weighted by Crippen LogP contribution is -2.15. The van der Waals surface area contributed by atoms with E-state index in [0.29, 0.717) is 16.7 Å². The number of methoxy groups -OCH3 is 1. The van der Waals surface area contributed by atoms with Crippen LogP contribution in [0.3, 0.4) is 0 Å². The van der Waals surface area contributed by atoms with Gasteiger partial charge in [-0.2, -0.15) is 0 Å². The fourth-order valence-electron chi connectivity index (χ4n) is 3.06. The summed E-state index contributed by atoms with van der Waals surface area (Å²) in [5.41, 5.74) is 2.05. The Hall–Kier alpha value is -1.42. The third-order valence-corrected chi connectivity index (χ3v) is 5.41. The van der Waals surface area contributed by atoms with Crippen molar-refractivity contribution in [3.8, 4) is 11.5 Å². The van der Waals surface area contributed by atoms with Crippen LogP contribution in [0.1, 0.15) is 56.6 Å². The Morgan fingerprint density at radius 2 is 1.71 bits per heavy atom. The number of halogens is 2. The Labute approximate surface area is 179 Å². The zero-order valence-electron chi connectivity index (χ0n) is 16.9. The first-order chi connectivity index (χ1) is 13.7. The molecular formula is C23H31Cl2NO2. The predicted octanol–water partition coefficient (Wildman–Crippen LogP) is 7.03. The third-order valence-electron chi connectivity index (χ3n) is 4.67. The fourth-order valence-corrected chi connectivity index (χ4v) is 3.38. The van der Waals surface area contributed by atoms with Gasteiger partial charge in [0.05, 0.1) is 17.2 Å². The summed E-state index contributed by atoms with van der Waals surface area (Å²) in [6, 6.07) is 11.5. The summed E-state index contributed by atoms with van der Waals surface area (Å²) in [5, 5.41) is 4.60. The highest BCUT2D eigenvalue weighted by Crippen LogP contribution is 2.32. The molecule has 0 atom stereocenters. The van der Waals surface area contributed by atoms with Gasteiger partial charge in [0.2, 0.25) is 0 Å². The maximum Gasteiger partial charge on any atom is 0.166 e. The molecule has 5 heteroatoms. The van der Waals surface area contributed by atoms with Crippen molar-refractivity contribution in [3.05, 3.63) is 57.6 Å². The average Bonchev–Trinajstić information content (AvgIpc) is 2.71. The summed E-state index contributed by atoms with van der Waals surface area (Å²) in [4.78, 5) is 0. The van der Waals surface area contributed by atoms with E-state index in [1.807, 2.05) is 24.3 Å². The van der Waals surface area contributed by atoms with Gasteiger partial charge < -0.3 is 14.8 Å². The zero-order valence-corrected chi connectivity index (χ0v) is 18.4. The number of benzene rings is 2. The molecule has 0 amide bonds. The van der Waals surface area contributed by atoms with E-state index in [-0.39, 0.29) is 0 Å². The molecule has 28 heavy (non-hydrogen) atoms. The Morgan fingerprint density at radius 1 is 0.929 bits per heavy atom. The van der Waals surface area contributed by atoms with Crippen LogP contribution in [0.15, 0.2) is 36.4 Å². The molecule has 0 unspecified atom stereocenters. The molecule has 0 aliphatic carbocycles. The van der Waals surface area contributed by atoms with Gasteiger partial charge in [-0.3, -0.25) is 0 Å². The van der Waals surface area contributed by atoms with Crippen LogP contribution in [0.5, 0.6) is 11.5 Å². The van der Waals surface area contributed by atoms with Crippen LogP contribution in [0.2, 0.25) is 10.0 Å². The van der Waals surface area contributed by atoms with Crippen molar-refractivity contribution in [2.24, 2.45) is 0 Å². The van der Waals surface area contributed by atoms with E-state index in [4.69, 9.17) is 32.7 Å². The molecule has 2 aromatic rings. The Bertz CT molecular complexity index is 722. The highest BCUT2D eigenvalue weighted by molar-refractivity contribution is 6.42. The second kappa shape index (κ2) is 12.9. The Morgan fingerprint density at radius 3 is 2.46 bits per heavy atom. The first-order valence-corrected chi connectivity index (χ1v) is 10.8. The molecule has 0 aliphatic rings. The van der Waals surface area contributed by atoms with Crippen molar-refractivity contribution in [2.45, 2.75) is 58.6 Å². The Balaban J connectivity index is 1.89. The molecule has 0 saturated carbocycles. The number of para-hydroxylation sites is 1. The quantitative estimate of drug-likeness (QED) is 0.350. The minimum Gasteiger partial charge on any atom is -0.493 e. The monoisotopic (exact) mass is 423 g/mol. The van der Waals surface area contributed by atoms with E-state index in [9.17, 15) is 0 Å². The minimum atomic E-state index is 0.404. The highest BCUT2D eigenvalue weighted by Gasteiger charge is 2.11. The predicted molar refractivity (Wildman–Crippen MR) is 119 cm³/mol. The van der Waals surface area contributed by atoms with E-state index in [0.717, 1.165) is 35.7 Å². The maximum absolute atomic E-state index is 6.10. The third kappa shape index (κ3) is 7.54. The van der Waals surface area contributed by atoms with Gasteiger partial charge in [0.25, 0.3) is 0 Å². The van der Waals surface area contributed by atoms with Gasteiger partial charge in [-0.05, 0) is 36.7 Å². The lowest BCUT2D eigenvalue weighted by molar-refractivity contribution is 0.280. The van der Waals surface area contributed by atoms with E-state index in [2.05, 4.69) is 18.3 Å². The van der Waals surface area contributed by atoms with E-state index in [1.165, 1.54) is 38.5 Å². The Kier molecular flexibility index (Phi) is 10.6. The van der Waals surface area contributed by atoms with Crippen LogP contribution in [0, 0.1) is 0 Å². The standard InChI is InChI=1S/C23H31Cl2NO2/c1-3-4-5-6-7-8-14-26-16-19-10-9-11-22(27-2)23(19)28-17-18-12-13-20(24)21(25)15-18/h9-13,15,26H,3-8,14,16-17H2,1-2H3. The number of hydrogen-bond acceptors (Lipinski definition) is 3. The molecular weight excluding hydrogens is 393 g/mol. The fraction of sp³-hybridized carbons (Fsp3) is 0.478. The van der Waals surface area contributed by atoms with Crippen LogP contribution in [-0.4, -0.2) is 13.7 Å². The van der Waals surface area contributed by atoms with Gasteiger partial charge in [-0.1, -0.05) is 80.4 Å². The minimum absolute atomic E-state index is 0.404. The maximum atomic E-state index is 6.10. The average molecular weight is 424 g/mol. The van der Waals surface area contributed by atoms with Crippen LogP contribution < -0.4 is 14.8 Å². The van der Waals surface area contributed by atoms with Crippen molar-refractivity contribution < 1.29 is 9.47 Å². The summed E-state index contributed by atoms with van der Waals surface area (Å²) in [7, 11) is 1.66. The van der Waals surface area contributed by atoms with Crippen LogP contribution >= 0.6 is 23.2 Å². The molecule has 2 rings (SSSR count). The molecule has 3 nitrogen and oxygen atoms in total. The van der Waals surface area contributed by atoms with Gasteiger partial charge in [0.1, 0.15) is 6.61 Å². The summed E-state index contributed by atoms with van der Waals surface area (Å²) in [6.07, 6.45) is 7.79. The molecule has 154 valence electrons. The topological polar surface area (TPSA) is 30.5 Å². The largest absolute Gasteiger partial charge is 0.493 e. The van der Waals surface area contributed by atoms with Gasteiger partial charge in [0, 0.05) is 12.1 Å². The van der Waals surface area contributed by atoms with Gasteiger partial charge in [-0.15, -0.1) is 0 Å². The smallest absolute Gasteiger partial charge is 0.166 e. The first-order valence-electron chi connectivity index (χ1n) is 10.1. The van der Waals surface area contributed by atoms with Crippen molar-refractivity contribution in [2.75, 3.05) is 13.7 Å². The van der Waals surface area contributed by atoms with Gasteiger partial charge in [-0.25, -0.2) is 0 Å². The van der Waals surface area contributed by atoms with Gasteiger partial charge >= 0.3 is 0 Å². The summed E-state index contributed by atoms with van der Waals surface area (Å²) in [5.74, 6) is 1.51. The van der Waals surface area contributed by atoms with Crippen LogP contribution in [0.25, 0.3) is 0 Å². The molecule has 0 saturated heterocycles. The number of nitrogens with one attached hydrogen (secondary N) is 1. The number of ether oxygens (including phenoxy) is 2. The molecule has 0 spiro atoms. The van der Waals surface area contributed by atoms with Crippen LogP contribution in [-0.2, 0) is 13.2 Å². The molecule has 0 fully saturated rings. The number of unbranched alkanes of at least 4 members (excludes halogenated alkanes) is 5. The SMILES string of the molecule is CCCCCCCCNCc1cccc(OC)c1OCc1ccc(Cl)c(Cl)c1. The van der Waals surface area contributed by atoms with E-state index >= 15 is 0 Å². The summed E-state index contributed by atoms with van der Waals surface area (Å²) < 4.78 is 11.6. The lowest BCUT2D eigenvalue weighted by atomic mass is 10.1. The van der Waals surface area contributed by atoms with Crippen LogP contribution in [0.4, 0.5) is 0 Å². The second-order valence-electron chi connectivity index (χ2n) is 6.93. The number of hydrogen-bond donors (Lipinski definition) is 1.